The van der Waals surface area contributed by atoms with E-state index >= 15 is 0 Å². The maximum absolute atomic E-state index is 11.0. The quantitative estimate of drug-likeness (QED) is 0.604. The van der Waals surface area contributed by atoms with E-state index < -0.39 is 19.2 Å². The molecule has 1 aliphatic rings. The molecule has 0 aromatic heterocycles. The van der Waals surface area contributed by atoms with Gasteiger partial charge in [0.05, 0.1) is 0 Å². The highest BCUT2D eigenvalue weighted by Gasteiger charge is 2.69. The molecule has 0 amide bonds. The van der Waals surface area contributed by atoms with Gasteiger partial charge in [-0.2, -0.15) is 4.89 Å². The Hall–Kier alpha value is -0.950. The summed E-state index contributed by atoms with van der Waals surface area (Å²) in [7, 11) is -3.13. The van der Waals surface area contributed by atoms with Crippen LogP contribution in [0, 0.1) is 11.8 Å². The van der Waals surface area contributed by atoms with Crippen LogP contribution in [0.5, 0.6) is 5.75 Å². The molecular formula is C15H23O7P. The molecule has 0 saturated carbocycles. The lowest BCUT2D eigenvalue weighted by atomic mass is 9.70. The summed E-state index contributed by atoms with van der Waals surface area (Å²) >= 11 is 0. The van der Waals surface area contributed by atoms with Gasteiger partial charge in [-0.15, -0.1) is 0 Å². The largest absolute Gasteiger partial charge is 0.524 e. The molecule has 1 heterocycles. The number of hydrogen-bond acceptors (Lipinski definition) is 5. The van der Waals surface area contributed by atoms with Crippen molar-refractivity contribution < 1.29 is 33.4 Å². The van der Waals surface area contributed by atoms with Crippen LogP contribution in [0.15, 0.2) is 24.3 Å². The summed E-state index contributed by atoms with van der Waals surface area (Å²) in [6.07, 6.45) is 0. The Kier molecular flexibility index (Phi) is 4.93. The van der Waals surface area contributed by atoms with E-state index in [1.165, 1.54) is 19.2 Å². The monoisotopic (exact) mass is 346 g/mol. The van der Waals surface area contributed by atoms with Gasteiger partial charge in [-0.3, -0.25) is 9.79 Å². The van der Waals surface area contributed by atoms with Crippen molar-refractivity contribution in [2.24, 2.45) is 11.8 Å². The molecule has 0 aliphatic carbocycles. The molecule has 1 aliphatic heterocycles. The van der Waals surface area contributed by atoms with Crippen LogP contribution in [0.3, 0.4) is 0 Å². The van der Waals surface area contributed by atoms with Crippen molar-refractivity contribution in [1.82, 2.24) is 0 Å². The number of hydrogen-bond donors (Lipinski definition) is 2. The van der Waals surface area contributed by atoms with Crippen molar-refractivity contribution >= 4 is 7.82 Å². The molecule has 1 atom stereocenters. The minimum absolute atomic E-state index is 0.0316. The van der Waals surface area contributed by atoms with Gasteiger partial charge < -0.3 is 9.26 Å². The minimum Gasteiger partial charge on any atom is -0.404 e. The molecule has 0 bridgehead atoms. The highest BCUT2D eigenvalue weighted by molar-refractivity contribution is 7.46. The minimum atomic E-state index is -4.64. The third-order valence-corrected chi connectivity index (χ3v) is 4.70. The van der Waals surface area contributed by atoms with Gasteiger partial charge in [-0.05, 0) is 24.0 Å². The third-order valence-electron chi connectivity index (χ3n) is 4.25. The fourth-order valence-corrected chi connectivity index (χ4v) is 3.70. The number of methoxy groups -OCH3 is 1. The molecule has 2 rings (SSSR count). The van der Waals surface area contributed by atoms with Crippen molar-refractivity contribution in [2.45, 2.75) is 39.1 Å². The van der Waals surface area contributed by atoms with Crippen molar-refractivity contribution in [1.29, 1.82) is 0 Å². The summed E-state index contributed by atoms with van der Waals surface area (Å²) in [6, 6.07) is 6.31. The number of phosphoric ester groups is 1. The molecule has 0 spiro atoms. The van der Waals surface area contributed by atoms with Crippen LogP contribution in [0.1, 0.15) is 33.3 Å². The van der Waals surface area contributed by atoms with Gasteiger partial charge in [-0.1, -0.05) is 39.8 Å². The van der Waals surface area contributed by atoms with Gasteiger partial charge in [-0.25, -0.2) is 9.45 Å². The zero-order valence-electron chi connectivity index (χ0n) is 13.8. The molecule has 8 heteroatoms. The van der Waals surface area contributed by atoms with Crippen molar-refractivity contribution in [3.8, 4) is 5.75 Å². The van der Waals surface area contributed by atoms with E-state index in [0.29, 0.717) is 5.56 Å². The lowest BCUT2D eigenvalue weighted by Gasteiger charge is -2.59. The Morgan fingerprint density at radius 1 is 1.13 bits per heavy atom. The Morgan fingerprint density at radius 2 is 1.74 bits per heavy atom. The number of phosphoric acid groups is 1. The second kappa shape index (κ2) is 6.16. The molecule has 2 N–H and O–H groups in total. The molecule has 130 valence electrons. The van der Waals surface area contributed by atoms with Crippen molar-refractivity contribution in [3.05, 3.63) is 29.8 Å². The van der Waals surface area contributed by atoms with Crippen LogP contribution in [-0.4, -0.2) is 22.5 Å². The molecule has 1 saturated heterocycles. The molecule has 1 aromatic carbocycles. The van der Waals surface area contributed by atoms with E-state index in [1.807, 2.05) is 27.7 Å². The lowest BCUT2D eigenvalue weighted by Crippen LogP contribution is -2.70. The third kappa shape index (κ3) is 2.93. The first-order chi connectivity index (χ1) is 10.6. The predicted octanol–water partition coefficient (Wildman–Crippen LogP) is 2.97. The van der Waals surface area contributed by atoms with E-state index in [2.05, 4.69) is 4.52 Å². The molecule has 1 aromatic rings. The van der Waals surface area contributed by atoms with E-state index in [4.69, 9.17) is 24.3 Å². The van der Waals surface area contributed by atoms with E-state index in [-0.39, 0.29) is 17.6 Å². The van der Waals surface area contributed by atoms with Gasteiger partial charge in [0.25, 0.3) is 5.79 Å². The van der Waals surface area contributed by atoms with Crippen LogP contribution < -0.4 is 4.52 Å². The molecular weight excluding hydrogens is 323 g/mol. The zero-order valence-corrected chi connectivity index (χ0v) is 14.7. The second-order valence-electron chi connectivity index (χ2n) is 6.20. The van der Waals surface area contributed by atoms with Crippen molar-refractivity contribution in [3.63, 3.8) is 0 Å². The average Bonchev–Trinajstić information content (AvgIpc) is 2.36. The standard InChI is InChI=1S/C15H23O7P/c1-10(2)14(11(3)4)15(19-5,22-21-14)12-7-6-8-13(9-12)20-23(16,17)18/h6-11H,1-5H3,(H2,16,17,18). The SMILES string of the molecule is COC1(c2cccc(OP(=O)(O)O)c2)OOC1(C(C)C)C(C)C. The molecule has 1 unspecified atom stereocenters. The highest BCUT2D eigenvalue weighted by atomic mass is 31.2. The Balaban J connectivity index is 2.49. The maximum Gasteiger partial charge on any atom is 0.524 e. The Bertz CT molecular complexity index is 598. The summed E-state index contributed by atoms with van der Waals surface area (Å²) in [5.74, 6) is -1.00. The fraction of sp³-hybridized carbons (Fsp3) is 0.600. The molecule has 1 fully saturated rings. The highest BCUT2D eigenvalue weighted by Crippen LogP contribution is 2.57. The lowest BCUT2D eigenvalue weighted by molar-refractivity contribution is -0.634. The first-order valence-corrected chi connectivity index (χ1v) is 8.89. The first-order valence-electron chi connectivity index (χ1n) is 7.36. The van der Waals surface area contributed by atoms with E-state index in [1.54, 1.807) is 12.1 Å². The maximum atomic E-state index is 11.0. The predicted molar refractivity (Wildman–Crippen MR) is 82.4 cm³/mol. The summed E-state index contributed by atoms with van der Waals surface area (Å²) in [4.78, 5) is 28.9. The van der Waals surface area contributed by atoms with Crippen LogP contribution in [0.25, 0.3) is 0 Å². The van der Waals surface area contributed by atoms with Crippen molar-refractivity contribution in [2.75, 3.05) is 7.11 Å². The molecule has 23 heavy (non-hydrogen) atoms. The van der Waals surface area contributed by atoms with Gasteiger partial charge in [0.1, 0.15) is 5.75 Å². The van der Waals surface area contributed by atoms with Crippen LogP contribution >= 0.6 is 7.82 Å². The first kappa shape index (κ1) is 18.4. The molecule has 7 nitrogen and oxygen atoms in total. The summed E-state index contributed by atoms with van der Waals surface area (Å²) in [6.45, 7) is 8.02. The number of ether oxygens (including phenoxy) is 1. The fourth-order valence-electron chi connectivity index (χ4n) is 3.31. The van der Waals surface area contributed by atoms with Crippen LogP contribution in [0.2, 0.25) is 0 Å². The summed E-state index contributed by atoms with van der Waals surface area (Å²) in [5.41, 5.74) is -0.165. The number of benzene rings is 1. The zero-order chi connectivity index (χ0) is 17.5. The van der Waals surface area contributed by atoms with Gasteiger partial charge in [0.15, 0.2) is 5.60 Å². The van der Waals surface area contributed by atoms with Gasteiger partial charge in [0.2, 0.25) is 0 Å². The Morgan fingerprint density at radius 3 is 2.13 bits per heavy atom. The van der Waals surface area contributed by atoms with E-state index in [9.17, 15) is 4.57 Å². The van der Waals surface area contributed by atoms with Crippen LogP contribution in [0.4, 0.5) is 0 Å². The smallest absolute Gasteiger partial charge is 0.404 e. The summed E-state index contributed by atoms with van der Waals surface area (Å²) in [5, 5.41) is 0. The van der Waals surface area contributed by atoms with Gasteiger partial charge >= 0.3 is 7.82 Å². The van der Waals surface area contributed by atoms with E-state index in [0.717, 1.165) is 0 Å². The van der Waals surface area contributed by atoms with Gasteiger partial charge in [0, 0.05) is 12.7 Å². The summed E-state index contributed by atoms with van der Waals surface area (Å²) < 4.78 is 21.4. The molecule has 0 radical (unpaired) electrons. The topological polar surface area (TPSA) is 94.5 Å². The number of rotatable bonds is 6. The second-order valence-corrected chi connectivity index (χ2v) is 7.36. The van der Waals surface area contributed by atoms with Crippen LogP contribution in [-0.2, 0) is 24.9 Å². The normalized spacial score (nSPS) is 23.9. The Labute approximate surface area is 135 Å². The average molecular weight is 346 g/mol.